The highest BCUT2D eigenvalue weighted by molar-refractivity contribution is 5.95. The number of benzene rings is 2. The molecule has 0 saturated carbocycles. The Hall–Kier alpha value is -2.66. The number of nitrogens with one attached hydrogen (secondary N) is 3. The highest BCUT2D eigenvalue weighted by Crippen LogP contribution is 2.19. The normalized spacial score (nSPS) is 10.4. The smallest absolute Gasteiger partial charge is 0.269 e. The highest BCUT2D eigenvalue weighted by Gasteiger charge is 2.08. The van der Waals surface area contributed by atoms with Crippen molar-refractivity contribution >= 4 is 11.8 Å². The minimum absolute atomic E-state index is 0.194. The van der Waals surface area contributed by atoms with Gasteiger partial charge in [0.15, 0.2) is 0 Å². The molecule has 2 rings (SSSR count). The van der Waals surface area contributed by atoms with E-state index in [9.17, 15) is 9.59 Å². The van der Waals surface area contributed by atoms with Crippen molar-refractivity contribution in [3.8, 4) is 11.1 Å². The number of hydrazine groups is 1. The minimum atomic E-state index is -0.324. The van der Waals surface area contributed by atoms with Crippen molar-refractivity contribution in [1.29, 1.82) is 0 Å². The summed E-state index contributed by atoms with van der Waals surface area (Å²) in [5, 5.41) is 0. The largest absolute Gasteiger partial charge is 0.339 e. The van der Waals surface area contributed by atoms with Crippen molar-refractivity contribution in [3.63, 3.8) is 0 Å². The molecule has 0 saturated heterocycles. The predicted molar refractivity (Wildman–Crippen MR) is 89.8 cm³/mol. The van der Waals surface area contributed by atoms with Gasteiger partial charge in [-0.15, -0.1) is 0 Å². The molecule has 5 nitrogen and oxygen atoms in total. The fraction of sp³-hybridized carbons (Fsp3) is 0.222. The topological polar surface area (TPSA) is 62.6 Å². The van der Waals surface area contributed by atoms with Gasteiger partial charge in [-0.3, -0.25) is 20.4 Å². The molecule has 0 aliphatic carbocycles. The van der Waals surface area contributed by atoms with Gasteiger partial charge in [-0.25, -0.2) is 0 Å². The van der Waals surface area contributed by atoms with Crippen LogP contribution in [-0.2, 0) is 4.79 Å². The van der Waals surface area contributed by atoms with E-state index in [0.29, 0.717) is 18.5 Å². The molecular weight excluding hydrogens is 290 g/mol. The number of amides is 2. The summed E-state index contributed by atoms with van der Waals surface area (Å²) in [6, 6.07) is 17.2. The molecule has 0 heterocycles. The van der Waals surface area contributed by atoms with Gasteiger partial charge in [-0.2, -0.15) is 0 Å². The zero-order chi connectivity index (χ0) is 16.7. The Balaban J connectivity index is 1.89. The first-order chi connectivity index (χ1) is 11.1. The van der Waals surface area contributed by atoms with Gasteiger partial charge >= 0.3 is 0 Å². The van der Waals surface area contributed by atoms with Crippen LogP contribution < -0.4 is 15.8 Å². The summed E-state index contributed by atoms with van der Waals surface area (Å²) < 4.78 is 0. The van der Waals surface area contributed by atoms with Crippen LogP contribution in [0, 0.1) is 0 Å². The summed E-state index contributed by atoms with van der Waals surface area (Å²) in [4.78, 5) is 24.8. The molecule has 3 N–H and O–H groups in total. The van der Waals surface area contributed by atoms with Gasteiger partial charge in [0.25, 0.3) is 5.91 Å². The molecule has 23 heavy (non-hydrogen) atoms. The van der Waals surface area contributed by atoms with Gasteiger partial charge in [0, 0.05) is 5.56 Å². The number of carbonyl (C=O) groups excluding carboxylic acids is 2. The number of quaternary nitrogens is 1. The third-order valence-corrected chi connectivity index (χ3v) is 3.42. The third kappa shape index (κ3) is 5.23. The van der Waals surface area contributed by atoms with Crippen molar-refractivity contribution in [3.05, 3.63) is 60.2 Å². The van der Waals surface area contributed by atoms with Crippen LogP contribution in [0.3, 0.4) is 0 Å². The van der Waals surface area contributed by atoms with Gasteiger partial charge in [0.05, 0.1) is 27.1 Å². The predicted octanol–water partition coefficient (Wildman–Crippen LogP) is 0.649. The molecular formula is C18H22N3O2+. The van der Waals surface area contributed by atoms with E-state index >= 15 is 0 Å². The molecule has 0 aliphatic rings. The van der Waals surface area contributed by atoms with Crippen molar-refractivity contribution < 1.29 is 14.5 Å². The minimum Gasteiger partial charge on any atom is -0.339 e. The Morgan fingerprint density at radius 3 is 2.09 bits per heavy atom. The van der Waals surface area contributed by atoms with E-state index in [4.69, 9.17) is 0 Å². The van der Waals surface area contributed by atoms with E-state index in [0.717, 1.165) is 11.1 Å². The van der Waals surface area contributed by atoms with Crippen molar-refractivity contribution in [2.75, 3.05) is 20.6 Å². The fourth-order valence-electron chi connectivity index (χ4n) is 2.07. The second-order valence-corrected chi connectivity index (χ2v) is 5.65. The van der Waals surface area contributed by atoms with E-state index in [1.54, 1.807) is 12.1 Å². The van der Waals surface area contributed by atoms with Gasteiger partial charge < -0.3 is 4.90 Å². The van der Waals surface area contributed by atoms with Crippen LogP contribution in [0.5, 0.6) is 0 Å². The Labute approximate surface area is 136 Å². The molecule has 2 aromatic carbocycles. The maximum absolute atomic E-state index is 12.0. The average molecular weight is 312 g/mol. The molecule has 0 spiro atoms. The average Bonchev–Trinajstić information content (AvgIpc) is 2.58. The third-order valence-electron chi connectivity index (χ3n) is 3.42. The van der Waals surface area contributed by atoms with Gasteiger partial charge in [0.2, 0.25) is 5.91 Å². The number of rotatable bonds is 5. The summed E-state index contributed by atoms with van der Waals surface area (Å²) in [7, 11) is 3.94. The zero-order valence-electron chi connectivity index (χ0n) is 13.4. The SMILES string of the molecule is C[NH+](C)CCC(=O)NNC(=O)c1ccc(-c2ccccc2)cc1. The summed E-state index contributed by atoms with van der Waals surface area (Å²) in [6.07, 6.45) is 0.371. The number of hydrogen-bond donors (Lipinski definition) is 3. The van der Waals surface area contributed by atoms with Crippen LogP contribution in [0.1, 0.15) is 16.8 Å². The van der Waals surface area contributed by atoms with Crippen LogP contribution in [0.25, 0.3) is 11.1 Å². The van der Waals surface area contributed by atoms with Gasteiger partial charge in [0.1, 0.15) is 0 Å². The highest BCUT2D eigenvalue weighted by atomic mass is 16.2. The van der Waals surface area contributed by atoms with Crippen LogP contribution in [0.2, 0.25) is 0 Å². The molecule has 0 aromatic heterocycles. The lowest BCUT2D eigenvalue weighted by Gasteiger charge is -2.09. The van der Waals surface area contributed by atoms with Crippen LogP contribution in [-0.4, -0.2) is 32.5 Å². The first-order valence-corrected chi connectivity index (χ1v) is 7.60. The van der Waals surface area contributed by atoms with Crippen molar-refractivity contribution in [2.45, 2.75) is 6.42 Å². The summed E-state index contributed by atoms with van der Waals surface area (Å²) in [5.74, 6) is -0.518. The van der Waals surface area contributed by atoms with Gasteiger partial charge in [-0.1, -0.05) is 42.5 Å². The molecule has 0 aliphatic heterocycles. The molecule has 0 fully saturated rings. The van der Waals surface area contributed by atoms with Crippen molar-refractivity contribution in [1.82, 2.24) is 10.9 Å². The maximum atomic E-state index is 12.0. The Bertz CT molecular complexity index is 652. The van der Waals surface area contributed by atoms with Crippen LogP contribution in [0.4, 0.5) is 0 Å². The molecule has 120 valence electrons. The van der Waals surface area contributed by atoms with Crippen molar-refractivity contribution in [2.24, 2.45) is 0 Å². The molecule has 0 atom stereocenters. The Kier molecular flexibility index (Phi) is 5.88. The Morgan fingerprint density at radius 1 is 0.870 bits per heavy atom. The summed E-state index contributed by atoms with van der Waals surface area (Å²) in [5.41, 5.74) is 7.51. The second kappa shape index (κ2) is 8.10. The molecule has 2 aromatic rings. The monoisotopic (exact) mass is 312 g/mol. The van der Waals surface area contributed by atoms with Crippen LogP contribution >= 0.6 is 0 Å². The lowest BCUT2D eigenvalue weighted by molar-refractivity contribution is -0.857. The lowest BCUT2D eigenvalue weighted by atomic mass is 10.0. The number of hydrogen-bond acceptors (Lipinski definition) is 2. The maximum Gasteiger partial charge on any atom is 0.269 e. The summed E-state index contributed by atoms with van der Waals surface area (Å²) in [6.45, 7) is 0.716. The van der Waals surface area contributed by atoms with Gasteiger partial charge in [-0.05, 0) is 23.3 Å². The zero-order valence-corrected chi connectivity index (χ0v) is 13.4. The molecule has 0 bridgehead atoms. The van der Waals surface area contributed by atoms with E-state index in [-0.39, 0.29) is 11.8 Å². The van der Waals surface area contributed by atoms with E-state index < -0.39 is 0 Å². The first kappa shape index (κ1) is 16.7. The van der Waals surface area contributed by atoms with E-state index in [2.05, 4.69) is 10.9 Å². The fourth-order valence-corrected chi connectivity index (χ4v) is 2.07. The standard InChI is InChI=1S/C18H21N3O2/c1-21(2)13-12-17(22)19-20-18(23)16-10-8-15(9-11-16)14-6-4-3-5-7-14/h3-11H,12-13H2,1-2H3,(H,19,22)(H,20,23)/p+1. The van der Waals surface area contributed by atoms with Crippen LogP contribution in [0.15, 0.2) is 54.6 Å². The second-order valence-electron chi connectivity index (χ2n) is 5.65. The Morgan fingerprint density at radius 2 is 1.48 bits per heavy atom. The molecule has 5 heteroatoms. The quantitative estimate of drug-likeness (QED) is 0.710. The summed E-state index contributed by atoms with van der Waals surface area (Å²) >= 11 is 0. The van der Waals surface area contributed by atoms with E-state index in [1.807, 2.05) is 56.6 Å². The molecule has 2 amide bonds. The molecule has 0 unspecified atom stereocenters. The molecule has 0 radical (unpaired) electrons. The lowest BCUT2D eigenvalue weighted by Crippen LogP contribution is -3.05. The number of carbonyl (C=O) groups is 2. The first-order valence-electron chi connectivity index (χ1n) is 7.60. The van der Waals surface area contributed by atoms with E-state index in [1.165, 1.54) is 4.90 Å².